The minimum Gasteiger partial charge on any atom is -0.307 e. The Morgan fingerprint density at radius 2 is 1.84 bits per heavy atom. The van der Waals surface area contributed by atoms with Gasteiger partial charge in [0.2, 0.25) is 5.95 Å². The van der Waals surface area contributed by atoms with Crippen LogP contribution in [0.15, 0.2) is 42.5 Å². The quantitative estimate of drug-likeness (QED) is 0.542. The van der Waals surface area contributed by atoms with Gasteiger partial charge in [-0.05, 0) is 37.3 Å². The molecular formula is C17H12Cl2N6. The van der Waals surface area contributed by atoms with Gasteiger partial charge < -0.3 is 5.32 Å². The third-order valence-electron chi connectivity index (χ3n) is 3.60. The van der Waals surface area contributed by atoms with E-state index in [2.05, 4.69) is 30.5 Å². The van der Waals surface area contributed by atoms with Crippen LogP contribution in [0.2, 0.25) is 10.0 Å². The number of hydrogen-bond acceptors (Lipinski definition) is 5. The van der Waals surface area contributed by atoms with Crippen molar-refractivity contribution in [3.05, 3.63) is 58.3 Å². The molecule has 0 amide bonds. The Bertz CT molecular complexity index is 1080. The number of H-pyrrole nitrogens is 1. The van der Waals surface area contributed by atoms with Crippen molar-refractivity contribution in [2.45, 2.75) is 6.92 Å². The van der Waals surface area contributed by atoms with E-state index in [1.54, 1.807) is 18.2 Å². The maximum absolute atomic E-state index is 6.32. The van der Waals surface area contributed by atoms with Gasteiger partial charge in [-0.3, -0.25) is 5.10 Å². The normalized spacial score (nSPS) is 11.0. The summed E-state index contributed by atoms with van der Waals surface area (Å²) in [5.74, 6) is 2.25. The van der Waals surface area contributed by atoms with E-state index in [-0.39, 0.29) is 0 Å². The Balaban J connectivity index is 1.88. The molecule has 0 unspecified atom stereocenters. The first-order valence-electron chi connectivity index (χ1n) is 7.48. The summed E-state index contributed by atoms with van der Waals surface area (Å²) in [7, 11) is 0. The van der Waals surface area contributed by atoms with Crippen molar-refractivity contribution in [3.63, 3.8) is 0 Å². The van der Waals surface area contributed by atoms with Gasteiger partial charge in [0.05, 0.1) is 10.5 Å². The van der Waals surface area contributed by atoms with Gasteiger partial charge in [0.25, 0.3) is 0 Å². The maximum atomic E-state index is 6.32. The minimum absolute atomic E-state index is 0.439. The van der Waals surface area contributed by atoms with Gasteiger partial charge in [-0.15, -0.1) is 5.10 Å². The summed E-state index contributed by atoms with van der Waals surface area (Å²) < 4.78 is 0. The van der Waals surface area contributed by atoms with E-state index in [4.69, 9.17) is 23.2 Å². The van der Waals surface area contributed by atoms with Gasteiger partial charge in [-0.1, -0.05) is 35.3 Å². The summed E-state index contributed by atoms with van der Waals surface area (Å²) in [6.45, 7) is 1.83. The van der Waals surface area contributed by atoms with Crippen LogP contribution in [-0.2, 0) is 0 Å². The molecule has 0 aliphatic carbocycles. The number of anilines is 2. The fourth-order valence-electron chi connectivity index (χ4n) is 2.47. The summed E-state index contributed by atoms with van der Waals surface area (Å²) in [5, 5.41) is 11.9. The van der Waals surface area contributed by atoms with Gasteiger partial charge in [-0.25, -0.2) is 9.97 Å². The lowest BCUT2D eigenvalue weighted by Crippen LogP contribution is -2.00. The van der Waals surface area contributed by atoms with E-state index in [0.717, 1.165) is 10.9 Å². The molecule has 4 aromatic rings. The SMILES string of the molecule is Cc1nc(Nc2nc(-c3ccc(Cl)cc3Cl)nc3ccccc23)n[nH]1. The average Bonchev–Trinajstić information content (AvgIpc) is 2.99. The van der Waals surface area contributed by atoms with Crippen molar-refractivity contribution in [2.75, 3.05) is 5.32 Å². The minimum atomic E-state index is 0.439. The van der Waals surface area contributed by atoms with Crippen LogP contribution >= 0.6 is 23.2 Å². The highest BCUT2D eigenvalue weighted by molar-refractivity contribution is 6.36. The lowest BCUT2D eigenvalue weighted by molar-refractivity contribution is 1.04. The zero-order valence-corrected chi connectivity index (χ0v) is 14.6. The summed E-state index contributed by atoms with van der Waals surface area (Å²) in [5.41, 5.74) is 1.49. The van der Waals surface area contributed by atoms with Gasteiger partial charge in [-0.2, -0.15) is 4.98 Å². The van der Waals surface area contributed by atoms with Crippen LogP contribution in [0, 0.1) is 6.92 Å². The molecule has 2 heterocycles. The Morgan fingerprint density at radius 3 is 2.60 bits per heavy atom. The Labute approximate surface area is 153 Å². The molecule has 2 aromatic heterocycles. The van der Waals surface area contributed by atoms with Crippen molar-refractivity contribution >= 4 is 45.9 Å². The predicted molar refractivity (Wildman–Crippen MR) is 99.4 cm³/mol. The molecule has 8 heteroatoms. The molecule has 0 aliphatic heterocycles. The molecule has 0 saturated carbocycles. The first-order valence-corrected chi connectivity index (χ1v) is 8.24. The molecule has 25 heavy (non-hydrogen) atoms. The average molecular weight is 371 g/mol. The highest BCUT2D eigenvalue weighted by Gasteiger charge is 2.13. The Hall–Kier alpha value is -2.70. The van der Waals surface area contributed by atoms with Crippen LogP contribution in [-0.4, -0.2) is 25.1 Å². The van der Waals surface area contributed by atoms with Crippen LogP contribution in [0.1, 0.15) is 5.82 Å². The first-order chi connectivity index (χ1) is 12.1. The second-order valence-corrected chi connectivity index (χ2v) is 6.25. The maximum Gasteiger partial charge on any atom is 0.247 e. The molecule has 0 atom stereocenters. The fourth-order valence-corrected chi connectivity index (χ4v) is 2.96. The molecule has 0 aliphatic rings. The number of hydrogen-bond donors (Lipinski definition) is 2. The topological polar surface area (TPSA) is 79.4 Å². The first kappa shape index (κ1) is 15.8. The number of rotatable bonds is 3. The number of nitrogens with zero attached hydrogens (tertiary/aromatic N) is 4. The van der Waals surface area contributed by atoms with Crippen LogP contribution in [0.3, 0.4) is 0 Å². The molecule has 0 radical (unpaired) electrons. The summed E-state index contributed by atoms with van der Waals surface area (Å²) in [6.07, 6.45) is 0. The molecule has 124 valence electrons. The second-order valence-electron chi connectivity index (χ2n) is 5.41. The molecule has 0 fully saturated rings. The van der Waals surface area contributed by atoms with Crippen LogP contribution in [0.4, 0.5) is 11.8 Å². The summed E-state index contributed by atoms with van der Waals surface area (Å²) in [4.78, 5) is 13.5. The van der Waals surface area contributed by atoms with Crippen LogP contribution < -0.4 is 5.32 Å². The van der Waals surface area contributed by atoms with E-state index in [9.17, 15) is 0 Å². The van der Waals surface area contributed by atoms with E-state index in [1.807, 2.05) is 31.2 Å². The monoisotopic (exact) mass is 370 g/mol. The van der Waals surface area contributed by atoms with Gasteiger partial charge in [0.15, 0.2) is 5.82 Å². The lowest BCUT2D eigenvalue weighted by atomic mass is 10.2. The van der Waals surface area contributed by atoms with Crippen LogP contribution in [0.25, 0.3) is 22.3 Å². The molecule has 4 rings (SSSR count). The molecular weight excluding hydrogens is 359 g/mol. The summed E-state index contributed by atoms with van der Waals surface area (Å²) in [6, 6.07) is 12.9. The van der Waals surface area contributed by atoms with Gasteiger partial charge in [0, 0.05) is 16.0 Å². The van der Waals surface area contributed by atoms with Crippen molar-refractivity contribution in [2.24, 2.45) is 0 Å². The third kappa shape index (κ3) is 3.14. The number of para-hydroxylation sites is 1. The summed E-state index contributed by atoms with van der Waals surface area (Å²) >= 11 is 12.3. The van der Waals surface area contributed by atoms with Crippen LogP contribution in [0.5, 0.6) is 0 Å². The molecule has 0 spiro atoms. The fraction of sp³-hybridized carbons (Fsp3) is 0.0588. The van der Waals surface area contributed by atoms with Gasteiger partial charge in [0.1, 0.15) is 11.6 Å². The van der Waals surface area contributed by atoms with Crippen molar-refractivity contribution < 1.29 is 0 Å². The number of aryl methyl sites for hydroxylation is 1. The smallest absolute Gasteiger partial charge is 0.247 e. The van der Waals surface area contributed by atoms with E-state index >= 15 is 0 Å². The number of benzene rings is 2. The number of aromatic nitrogens is 5. The lowest BCUT2D eigenvalue weighted by Gasteiger charge is -2.10. The van der Waals surface area contributed by atoms with E-state index in [1.165, 1.54) is 0 Å². The van der Waals surface area contributed by atoms with E-state index < -0.39 is 0 Å². The molecule has 2 N–H and O–H groups in total. The molecule has 0 saturated heterocycles. The predicted octanol–water partition coefficient (Wildman–Crippen LogP) is 4.77. The number of halogens is 2. The van der Waals surface area contributed by atoms with Crippen molar-refractivity contribution in [1.82, 2.24) is 25.1 Å². The number of fused-ring (bicyclic) bond motifs is 1. The van der Waals surface area contributed by atoms with Crippen molar-refractivity contribution in [1.29, 1.82) is 0 Å². The third-order valence-corrected chi connectivity index (χ3v) is 4.15. The Kier molecular flexibility index (Phi) is 3.99. The highest BCUT2D eigenvalue weighted by Crippen LogP contribution is 2.31. The molecule has 2 aromatic carbocycles. The highest BCUT2D eigenvalue weighted by atomic mass is 35.5. The number of nitrogens with one attached hydrogen (secondary N) is 2. The second kappa shape index (κ2) is 6.31. The van der Waals surface area contributed by atoms with Crippen molar-refractivity contribution in [3.8, 4) is 11.4 Å². The number of aromatic amines is 1. The zero-order chi connectivity index (χ0) is 17.4. The standard InChI is InChI=1S/C17H12Cl2N6/c1-9-20-17(25-24-9)23-16-12-4-2-3-5-14(12)21-15(22-16)11-7-6-10(18)8-13(11)19/h2-8H,1H3,(H2,20,21,22,23,24,25). The molecule has 6 nitrogen and oxygen atoms in total. The largest absolute Gasteiger partial charge is 0.307 e. The zero-order valence-electron chi connectivity index (χ0n) is 13.1. The Morgan fingerprint density at radius 1 is 1.00 bits per heavy atom. The van der Waals surface area contributed by atoms with Gasteiger partial charge >= 0.3 is 0 Å². The molecule has 0 bridgehead atoms. The van der Waals surface area contributed by atoms with E-state index in [0.29, 0.717) is 39.0 Å².